The van der Waals surface area contributed by atoms with Gasteiger partial charge in [0.25, 0.3) is 0 Å². The molecule has 1 saturated carbocycles. The highest BCUT2D eigenvalue weighted by molar-refractivity contribution is 7.18. The number of aromatic carboxylic acids is 1. The Hall–Kier alpha value is -2.21. The summed E-state index contributed by atoms with van der Waals surface area (Å²) < 4.78 is 5.92. The molecule has 5 nitrogen and oxygen atoms in total. The molecule has 1 aromatic carbocycles. The lowest BCUT2D eigenvalue weighted by Gasteiger charge is -1.95. The maximum Gasteiger partial charge on any atom is 0.374 e. The molecule has 1 N–H and O–H groups in total. The van der Waals surface area contributed by atoms with Crippen molar-refractivity contribution in [1.29, 1.82) is 0 Å². The van der Waals surface area contributed by atoms with Gasteiger partial charge in [0.1, 0.15) is 5.69 Å². The van der Waals surface area contributed by atoms with Crippen LogP contribution in [0.25, 0.3) is 21.5 Å². The number of carboxylic acids is 1. The first-order valence-electron chi connectivity index (χ1n) is 6.32. The number of carboxylic acid groups (broad SMARTS) is 1. The van der Waals surface area contributed by atoms with E-state index in [1.54, 1.807) is 11.3 Å². The van der Waals surface area contributed by atoms with Crippen molar-refractivity contribution in [2.24, 2.45) is 0 Å². The number of para-hydroxylation sites is 1. The maximum absolute atomic E-state index is 10.9. The van der Waals surface area contributed by atoms with Crippen LogP contribution < -0.4 is 0 Å². The quantitative estimate of drug-likeness (QED) is 0.797. The average molecular weight is 286 g/mol. The molecule has 0 spiro atoms. The number of benzene rings is 1. The fraction of sp³-hybridized carbons (Fsp3) is 0.214. The van der Waals surface area contributed by atoms with E-state index in [0.717, 1.165) is 20.8 Å². The van der Waals surface area contributed by atoms with E-state index in [1.165, 1.54) is 18.9 Å². The molecular formula is C14H10N2O3S. The number of aromatic nitrogens is 2. The van der Waals surface area contributed by atoms with Crippen molar-refractivity contribution in [2.75, 3.05) is 0 Å². The van der Waals surface area contributed by atoms with E-state index in [0.29, 0.717) is 11.6 Å². The molecule has 100 valence electrons. The van der Waals surface area contributed by atoms with Gasteiger partial charge in [0.05, 0.1) is 15.2 Å². The molecule has 3 aromatic rings. The average Bonchev–Trinajstić information content (AvgIpc) is 3.02. The van der Waals surface area contributed by atoms with E-state index >= 15 is 0 Å². The van der Waals surface area contributed by atoms with Gasteiger partial charge in [0, 0.05) is 17.5 Å². The second-order valence-electron chi connectivity index (χ2n) is 4.86. The molecule has 6 heteroatoms. The summed E-state index contributed by atoms with van der Waals surface area (Å²) in [6.07, 6.45) is 2.42. The first kappa shape index (κ1) is 11.6. The van der Waals surface area contributed by atoms with Crippen LogP contribution in [0, 0.1) is 0 Å². The van der Waals surface area contributed by atoms with Crippen LogP contribution in [0.15, 0.2) is 28.8 Å². The smallest absolute Gasteiger partial charge is 0.374 e. The Labute approximate surface area is 117 Å². The predicted molar refractivity (Wildman–Crippen MR) is 74.1 cm³/mol. The molecule has 1 aliphatic rings. The number of rotatable bonds is 3. The van der Waals surface area contributed by atoms with Crippen molar-refractivity contribution in [2.45, 2.75) is 18.8 Å². The van der Waals surface area contributed by atoms with Crippen LogP contribution in [-0.4, -0.2) is 21.2 Å². The van der Waals surface area contributed by atoms with Gasteiger partial charge in [-0.3, -0.25) is 0 Å². The fourth-order valence-corrected chi connectivity index (χ4v) is 3.34. The zero-order valence-corrected chi connectivity index (χ0v) is 11.2. The third-order valence-corrected chi connectivity index (χ3v) is 4.54. The second-order valence-corrected chi connectivity index (χ2v) is 5.92. The number of thiazole rings is 1. The SMILES string of the molecule is O=C(O)c1cc(-c2cccc3sc(C4CC4)nc23)no1. The largest absolute Gasteiger partial charge is 0.475 e. The Kier molecular flexibility index (Phi) is 2.40. The molecule has 0 aliphatic heterocycles. The lowest BCUT2D eigenvalue weighted by Crippen LogP contribution is -1.91. The Bertz CT molecular complexity index is 817. The summed E-state index contributed by atoms with van der Waals surface area (Å²) >= 11 is 1.70. The topological polar surface area (TPSA) is 76.2 Å². The highest BCUT2D eigenvalue weighted by Gasteiger charge is 2.27. The molecule has 0 amide bonds. The molecule has 0 bridgehead atoms. The third kappa shape index (κ3) is 1.80. The summed E-state index contributed by atoms with van der Waals surface area (Å²) in [5.41, 5.74) is 2.21. The van der Waals surface area contributed by atoms with Gasteiger partial charge < -0.3 is 9.63 Å². The van der Waals surface area contributed by atoms with Gasteiger partial charge in [-0.2, -0.15) is 0 Å². The number of hydrogen-bond donors (Lipinski definition) is 1. The molecule has 0 atom stereocenters. The van der Waals surface area contributed by atoms with E-state index in [1.807, 2.05) is 18.2 Å². The normalized spacial score (nSPS) is 14.8. The molecular weight excluding hydrogens is 276 g/mol. The van der Waals surface area contributed by atoms with Crippen LogP contribution in [0.5, 0.6) is 0 Å². The Morgan fingerprint density at radius 1 is 1.40 bits per heavy atom. The van der Waals surface area contributed by atoms with Crippen molar-refractivity contribution in [3.63, 3.8) is 0 Å². The van der Waals surface area contributed by atoms with Crippen molar-refractivity contribution in [3.8, 4) is 11.3 Å². The van der Waals surface area contributed by atoms with Crippen LogP contribution in [0.2, 0.25) is 0 Å². The zero-order chi connectivity index (χ0) is 13.7. The highest BCUT2D eigenvalue weighted by atomic mass is 32.1. The Balaban J connectivity index is 1.87. The first-order valence-corrected chi connectivity index (χ1v) is 7.14. The van der Waals surface area contributed by atoms with Crippen molar-refractivity contribution in [1.82, 2.24) is 10.1 Å². The van der Waals surface area contributed by atoms with E-state index in [4.69, 9.17) is 14.6 Å². The fourth-order valence-electron chi connectivity index (χ4n) is 2.18. The molecule has 2 heterocycles. The highest BCUT2D eigenvalue weighted by Crippen LogP contribution is 2.44. The van der Waals surface area contributed by atoms with Gasteiger partial charge in [-0.05, 0) is 18.9 Å². The van der Waals surface area contributed by atoms with Gasteiger partial charge >= 0.3 is 5.97 Å². The van der Waals surface area contributed by atoms with Crippen LogP contribution in [-0.2, 0) is 0 Å². The monoisotopic (exact) mass is 286 g/mol. The van der Waals surface area contributed by atoms with Gasteiger partial charge in [0.2, 0.25) is 5.76 Å². The molecule has 4 rings (SSSR count). The first-order chi connectivity index (χ1) is 9.72. The van der Waals surface area contributed by atoms with Gasteiger partial charge in [-0.25, -0.2) is 9.78 Å². The Morgan fingerprint density at radius 3 is 2.95 bits per heavy atom. The summed E-state index contributed by atoms with van der Waals surface area (Å²) in [4.78, 5) is 15.6. The molecule has 2 aromatic heterocycles. The van der Waals surface area contributed by atoms with Gasteiger partial charge in [0.15, 0.2) is 0 Å². The van der Waals surface area contributed by atoms with E-state index in [-0.39, 0.29) is 5.76 Å². The summed E-state index contributed by atoms with van der Waals surface area (Å²) in [6.45, 7) is 0. The number of nitrogens with zero attached hydrogens (tertiary/aromatic N) is 2. The zero-order valence-electron chi connectivity index (χ0n) is 10.4. The van der Waals surface area contributed by atoms with Crippen molar-refractivity contribution < 1.29 is 14.4 Å². The molecule has 1 fully saturated rings. The van der Waals surface area contributed by atoms with Crippen LogP contribution in [0.4, 0.5) is 0 Å². The predicted octanol–water partition coefficient (Wildman–Crippen LogP) is 3.53. The molecule has 20 heavy (non-hydrogen) atoms. The number of hydrogen-bond acceptors (Lipinski definition) is 5. The molecule has 0 saturated heterocycles. The summed E-state index contributed by atoms with van der Waals surface area (Å²) in [7, 11) is 0. The van der Waals surface area contributed by atoms with Crippen molar-refractivity contribution >= 4 is 27.5 Å². The van der Waals surface area contributed by atoms with E-state index in [2.05, 4.69) is 5.16 Å². The van der Waals surface area contributed by atoms with Gasteiger partial charge in [-0.1, -0.05) is 17.3 Å². The number of carbonyl (C=O) groups is 1. The molecule has 0 unspecified atom stereocenters. The van der Waals surface area contributed by atoms with Crippen molar-refractivity contribution in [3.05, 3.63) is 35.0 Å². The minimum atomic E-state index is -1.12. The van der Waals surface area contributed by atoms with Gasteiger partial charge in [-0.15, -0.1) is 11.3 Å². The Morgan fingerprint density at radius 2 is 2.25 bits per heavy atom. The van der Waals surface area contributed by atoms with E-state index < -0.39 is 5.97 Å². The summed E-state index contributed by atoms with van der Waals surface area (Å²) in [6, 6.07) is 7.29. The minimum Gasteiger partial charge on any atom is -0.475 e. The lowest BCUT2D eigenvalue weighted by atomic mass is 10.1. The standard InChI is InChI=1S/C14H10N2O3S/c17-14(18)10-6-9(16-19-10)8-2-1-3-11-12(8)15-13(20-11)7-4-5-7/h1-3,6-7H,4-5H2,(H,17,18). The van der Waals surface area contributed by atoms with E-state index in [9.17, 15) is 4.79 Å². The van der Waals surface area contributed by atoms with Crippen LogP contribution >= 0.6 is 11.3 Å². The summed E-state index contributed by atoms with van der Waals surface area (Å²) in [5.74, 6) is -0.672. The molecule has 0 radical (unpaired) electrons. The molecule has 1 aliphatic carbocycles. The number of fused-ring (bicyclic) bond motifs is 1. The van der Waals surface area contributed by atoms with Crippen LogP contribution in [0.1, 0.15) is 34.3 Å². The third-order valence-electron chi connectivity index (χ3n) is 3.36. The minimum absolute atomic E-state index is 0.158. The van der Waals surface area contributed by atoms with Crippen LogP contribution in [0.3, 0.4) is 0 Å². The second kappa shape index (κ2) is 4.14. The lowest BCUT2D eigenvalue weighted by molar-refractivity contribution is 0.0652. The maximum atomic E-state index is 10.9. The summed E-state index contributed by atoms with van der Waals surface area (Å²) in [5, 5.41) is 13.9.